The van der Waals surface area contributed by atoms with Crippen LogP contribution >= 0.6 is 0 Å². The fraction of sp³-hybridized carbons (Fsp3) is 0.310. The zero-order chi connectivity index (χ0) is 31.4. The third kappa shape index (κ3) is 7.18. The van der Waals surface area contributed by atoms with Crippen molar-refractivity contribution in [2.45, 2.75) is 12.9 Å². The Labute approximate surface area is 255 Å². The van der Waals surface area contributed by atoms with Gasteiger partial charge in [-0.2, -0.15) is 4.52 Å². The number of morpholine rings is 1. The molecule has 6 rings (SSSR count). The van der Waals surface area contributed by atoms with Gasteiger partial charge >= 0.3 is 6.36 Å². The van der Waals surface area contributed by atoms with Crippen LogP contribution in [0.2, 0.25) is 0 Å². The first-order valence-electron chi connectivity index (χ1n) is 14.1. The standard InChI is InChI=1S/C29H31F3N10O3/c1-43-22-5-2-20(3-6-22)17-40(9-8-39-10-12-44-13-11-39)24-15-27(38-42-26(33)16-34-28(24)42)37-21-4-7-25(45-29(30,31)32)23(14-21)41-18-35-36-19-41/h2-7,14-16,18-19H,8-13,17,33H2,1H3,(H,37,38). The molecule has 0 aliphatic carbocycles. The first kappa shape index (κ1) is 30.0. The first-order chi connectivity index (χ1) is 21.8. The Kier molecular flexibility index (Phi) is 8.57. The minimum atomic E-state index is -4.88. The zero-order valence-electron chi connectivity index (χ0n) is 24.3. The first-order valence-corrected chi connectivity index (χ1v) is 14.1. The van der Waals surface area contributed by atoms with Gasteiger partial charge in [0.05, 0.1) is 37.9 Å². The van der Waals surface area contributed by atoms with Crippen molar-refractivity contribution in [3.8, 4) is 17.2 Å². The number of hydrogen-bond acceptors (Lipinski definition) is 11. The number of fused-ring (bicyclic) bond motifs is 1. The summed E-state index contributed by atoms with van der Waals surface area (Å²) in [4.78, 5) is 9.11. The maximum atomic E-state index is 13.1. The zero-order valence-corrected chi connectivity index (χ0v) is 24.3. The highest BCUT2D eigenvalue weighted by molar-refractivity contribution is 5.75. The molecule has 13 nitrogen and oxygen atoms in total. The predicted molar refractivity (Wildman–Crippen MR) is 160 cm³/mol. The van der Waals surface area contributed by atoms with Crippen LogP contribution in [0.15, 0.2) is 67.4 Å². The number of ether oxygens (including phenoxy) is 3. The van der Waals surface area contributed by atoms with E-state index in [1.54, 1.807) is 7.11 Å². The molecule has 45 heavy (non-hydrogen) atoms. The van der Waals surface area contributed by atoms with Crippen LogP contribution in [-0.4, -0.2) is 87.1 Å². The largest absolute Gasteiger partial charge is 0.573 e. The van der Waals surface area contributed by atoms with Gasteiger partial charge in [-0.3, -0.25) is 9.47 Å². The second-order valence-corrected chi connectivity index (χ2v) is 10.3. The van der Waals surface area contributed by atoms with E-state index >= 15 is 0 Å². The summed E-state index contributed by atoms with van der Waals surface area (Å²) in [7, 11) is 1.63. The van der Waals surface area contributed by atoms with Crippen LogP contribution < -0.4 is 25.4 Å². The van der Waals surface area contributed by atoms with Crippen molar-refractivity contribution < 1.29 is 27.4 Å². The number of nitrogen functional groups attached to an aromatic ring is 1. The highest BCUT2D eigenvalue weighted by atomic mass is 19.4. The highest BCUT2D eigenvalue weighted by Crippen LogP contribution is 2.33. The summed E-state index contributed by atoms with van der Waals surface area (Å²) in [6.07, 6.45) is -0.784. The Morgan fingerprint density at radius 1 is 1.04 bits per heavy atom. The third-order valence-electron chi connectivity index (χ3n) is 7.29. The molecule has 0 radical (unpaired) electrons. The Morgan fingerprint density at radius 2 is 1.80 bits per heavy atom. The molecular formula is C29H31F3N10O3. The SMILES string of the molecule is COc1ccc(CN(CCN2CCOCC2)c2cc(Nc3ccc(OC(F)(F)F)c(-n4cnnc4)c3)nn3c(N)cnc23)cc1. The van der Waals surface area contributed by atoms with Gasteiger partial charge in [-0.05, 0) is 35.9 Å². The third-order valence-corrected chi connectivity index (χ3v) is 7.29. The molecule has 1 fully saturated rings. The Hall–Kier alpha value is -5.09. The lowest BCUT2D eigenvalue weighted by Crippen LogP contribution is -2.41. The predicted octanol–water partition coefficient (Wildman–Crippen LogP) is 3.88. The number of nitrogens with one attached hydrogen (secondary N) is 1. The molecule has 3 N–H and O–H groups in total. The molecule has 0 saturated carbocycles. The number of nitrogens with zero attached hydrogens (tertiary/aromatic N) is 8. The molecule has 236 valence electrons. The number of halogens is 3. The minimum absolute atomic E-state index is 0.0809. The van der Waals surface area contributed by atoms with E-state index in [0.29, 0.717) is 49.3 Å². The van der Waals surface area contributed by atoms with Crippen LogP contribution in [0.3, 0.4) is 0 Å². The minimum Gasteiger partial charge on any atom is -0.497 e. The summed E-state index contributed by atoms with van der Waals surface area (Å²) in [5, 5.41) is 15.3. The Morgan fingerprint density at radius 3 is 2.51 bits per heavy atom. The van der Waals surface area contributed by atoms with Crippen molar-refractivity contribution >= 4 is 28.7 Å². The Bertz CT molecular complexity index is 1720. The fourth-order valence-electron chi connectivity index (χ4n) is 5.07. The lowest BCUT2D eigenvalue weighted by molar-refractivity contribution is -0.274. The average Bonchev–Trinajstić information content (AvgIpc) is 3.70. The van der Waals surface area contributed by atoms with Crippen molar-refractivity contribution in [3.05, 3.63) is 72.9 Å². The summed E-state index contributed by atoms with van der Waals surface area (Å²) < 4.78 is 57.4. The van der Waals surface area contributed by atoms with E-state index in [-0.39, 0.29) is 5.69 Å². The average molecular weight is 625 g/mol. The molecule has 0 atom stereocenters. The smallest absolute Gasteiger partial charge is 0.497 e. The van der Waals surface area contributed by atoms with Gasteiger partial charge in [0.25, 0.3) is 0 Å². The summed E-state index contributed by atoms with van der Waals surface area (Å²) >= 11 is 0. The number of methoxy groups -OCH3 is 1. The summed E-state index contributed by atoms with van der Waals surface area (Å²) in [5.74, 6) is 1.07. The van der Waals surface area contributed by atoms with Crippen molar-refractivity contribution in [1.82, 2.24) is 34.3 Å². The number of rotatable bonds is 11. The second kappa shape index (κ2) is 12.9. The van der Waals surface area contributed by atoms with Gasteiger partial charge < -0.3 is 30.2 Å². The van der Waals surface area contributed by atoms with E-state index in [2.05, 4.69) is 40.1 Å². The van der Waals surface area contributed by atoms with Gasteiger partial charge in [0.2, 0.25) is 0 Å². The number of nitrogens with two attached hydrogens (primary N) is 1. The van der Waals surface area contributed by atoms with E-state index in [1.807, 2.05) is 30.3 Å². The monoisotopic (exact) mass is 624 g/mol. The van der Waals surface area contributed by atoms with E-state index in [9.17, 15) is 13.2 Å². The summed E-state index contributed by atoms with van der Waals surface area (Å²) in [6.45, 7) is 5.07. The normalized spacial score (nSPS) is 14.0. The molecule has 0 spiro atoms. The maximum Gasteiger partial charge on any atom is 0.573 e. The molecule has 3 aromatic heterocycles. The van der Waals surface area contributed by atoms with Crippen LogP contribution in [0, 0.1) is 0 Å². The molecule has 5 aromatic rings. The molecule has 0 bridgehead atoms. The highest BCUT2D eigenvalue weighted by Gasteiger charge is 2.32. The number of aromatic nitrogens is 6. The van der Waals surface area contributed by atoms with Crippen molar-refractivity contribution in [2.24, 2.45) is 0 Å². The molecule has 1 saturated heterocycles. The topological polar surface area (TPSA) is 133 Å². The quantitative estimate of drug-likeness (QED) is 0.222. The van der Waals surface area contributed by atoms with Crippen LogP contribution in [0.5, 0.6) is 11.5 Å². The molecule has 1 aliphatic heterocycles. The number of imidazole rings is 1. The van der Waals surface area contributed by atoms with Gasteiger partial charge in [0, 0.05) is 44.5 Å². The summed E-state index contributed by atoms with van der Waals surface area (Å²) in [6, 6.07) is 13.9. The van der Waals surface area contributed by atoms with Crippen molar-refractivity contribution in [3.63, 3.8) is 0 Å². The number of benzene rings is 2. The fourth-order valence-corrected chi connectivity index (χ4v) is 5.07. The lowest BCUT2D eigenvalue weighted by Gasteiger charge is -2.31. The van der Waals surface area contributed by atoms with E-state index < -0.39 is 12.1 Å². The molecule has 0 amide bonds. The van der Waals surface area contributed by atoms with Crippen LogP contribution in [-0.2, 0) is 11.3 Å². The molecule has 1 aliphatic rings. The molecular weight excluding hydrogens is 593 g/mol. The number of hydrogen-bond donors (Lipinski definition) is 2. The lowest BCUT2D eigenvalue weighted by atomic mass is 10.2. The maximum absolute atomic E-state index is 13.1. The molecule has 0 unspecified atom stereocenters. The Balaban J connectivity index is 1.36. The van der Waals surface area contributed by atoms with Gasteiger partial charge in [0.1, 0.15) is 24.2 Å². The van der Waals surface area contributed by atoms with Gasteiger partial charge in [0.15, 0.2) is 17.2 Å². The van der Waals surface area contributed by atoms with Gasteiger partial charge in [-0.1, -0.05) is 12.1 Å². The van der Waals surface area contributed by atoms with Crippen molar-refractivity contribution in [2.75, 3.05) is 62.5 Å². The summed E-state index contributed by atoms with van der Waals surface area (Å²) in [5.41, 5.74) is 9.18. The van der Waals surface area contributed by atoms with Crippen LogP contribution in [0.1, 0.15) is 5.56 Å². The van der Waals surface area contributed by atoms with Crippen LogP contribution in [0.25, 0.3) is 11.3 Å². The van der Waals surface area contributed by atoms with Crippen LogP contribution in [0.4, 0.5) is 36.2 Å². The number of anilines is 4. The van der Waals surface area contributed by atoms with Gasteiger partial charge in [-0.15, -0.1) is 28.5 Å². The molecule has 16 heteroatoms. The number of alkyl halides is 3. The van der Waals surface area contributed by atoms with Crippen molar-refractivity contribution in [1.29, 1.82) is 0 Å². The van der Waals surface area contributed by atoms with Gasteiger partial charge in [-0.25, -0.2) is 4.98 Å². The molecule has 2 aromatic carbocycles. The van der Waals surface area contributed by atoms with E-state index in [0.717, 1.165) is 36.6 Å². The van der Waals surface area contributed by atoms with E-state index in [1.165, 1.54) is 46.1 Å². The second-order valence-electron chi connectivity index (χ2n) is 10.3. The molecule has 4 heterocycles. The van der Waals surface area contributed by atoms with E-state index in [4.69, 9.17) is 15.2 Å².